The summed E-state index contributed by atoms with van der Waals surface area (Å²) in [5.74, 6) is -0.885. The van der Waals surface area contributed by atoms with E-state index in [0.717, 1.165) is 16.8 Å². The molecule has 0 radical (unpaired) electrons. The molecule has 1 atom stereocenters. The lowest BCUT2D eigenvalue weighted by Crippen LogP contribution is -2.20. The van der Waals surface area contributed by atoms with Gasteiger partial charge in [0.05, 0.1) is 0 Å². The van der Waals surface area contributed by atoms with Gasteiger partial charge in [-0.25, -0.2) is 4.79 Å². The molecule has 0 aromatic heterocycles. The maximum Gasteiger partial charge on any atom is 0.330 e. The molecule has 0 amide bonds. The van der Waals surface area contributed by atoms with Gasteiger partial charge in [0, 0.05) is 5.69 Å². The zero-order chi connectivity index (χ0) is 13.0. The van der Waals surface area contributed by atoms with Crippen molar-refractivity contribution in [3.8, 4) is 0 Å². The van der Waals surface area contributed by atoms with Crippen molar-refractivity contribution in [3.05, 3.63) is 65.7 Å². The second-order valence-electron chi connectivity index (χ2n) is 4.20. The third-order valence-electron chi connectivity index (χ3n) is 2.71. The number of nitrogens with one attached hydrogen (secondary N) is 1. The van der Waals surface area contributed by atoms with Gasteiger partial charge in [0.25, 0.3) is 0 Å². The summed E-state index contributed by atoms with van der Waals surface area (Å²) in [5, 5.41) is 12.3. The van der Waals surface area contributed by atoms with E-state index in [2.05, 4.69) is 5.32 Å². The van der Waals surface area contributed by atoms with Gasteiger partial charge in [0.2, 0.25) is 0 Å². The molecule has 0 bridgehead atoms. The molecule has 2 rings (SSSR count). The quantitative estimate of drug-likeness (QED) is 0.864. The topological polar surface area (TPSA) is 49.3 Å². The molecule has 18 heavy (non-hydrogen) atoms. The van der Waals surface area contributed by atoms with Crippen molar-refractivity contribution in [3.63, 3.8) is 0 Å². The van der Waals surface area contributed by atoms with E-state index >= 15 is 0 Å². The van der Waals surface area contributed by atoms with E-state index in [4.69, 9.17) is 0 Å². The molecule has 92 valence electrons. The smallest absolute Gasteiger partial charge is 0.330 e. The van der Waals surface area contributed by atoms with E-state index in [0.29, 0.717) is 0 Å². The third-order valence-corrected chi connectivity index (χ3v) is 2.71. The van der Waals surface area contributed by atoms with Crippen LogP contribution in [0, 0.1) is 6.92 Å². The number of carboxylic acid groups (broad SMARTS) is 1. The van der Waals surface area contributed by atoms with Crippen LogP contribution < -0.4 is 5.32 Å². The van der Waals surface area contributed by atoms with Gasteiger partial charge in [-0.1, -0.05) is 48.0 Å². The Kier molecular flexibility index (Phi) is 3.63. The summed E-state index contributed by atoms with van der Waals surface area (Å²) in [6, 6.07) is 16.1. The van der Waals surface area contributed by atoms with E-state index in [-0.39, 0.29) is 0 Å². The summed E-state index contributed by atoms with van der Waals surface area (Å²) >= 11 is 0. The molecule has 0 saturated carbocycles. The van der Waals surface area contributed by atoms with Gasteiger partial charge in [-0.05, 0) is 24.6 Å². The van der Waals surface area contributed by atoms with Crippen LogP contribution in [0.3, 0.4) is 0 Å². The fourth-order valence-electron chi connectivity index (χ4n) is 1.84. The van der Waals surface area contributed by atoms with Gasteiger partial charge in [0.1, 0.15) is 0 Å². The number of carbonyl (C=O) groups is 1. The summed E-state index contributed by atoms with van der Waals surface area (Å²) in [6.07, 6.45) is 0. The lowest BCUT2D eigenvalue weighted by Gasteiger charge is -2.16. The third kappa shape index (κ3) is 2.88. The Balaban J connectivity index is 2.27. The highest BCUT2D eigenvalue weighted by molar-refractivity contribution is 5.79. The van der Waals surface area contributed by atoms with Crippen molar-refractivity contribution in [2.45, 2.75) is 13.0 Å². The summed E-state index contributed by atoms with van der Waals surface area (Å²) in [5.41, 5.74) is 2.60. The van der Waals surface area contributed by atoms with Crippen molar-refractivity contribution >= 4 is 11.7 Å². The van der Waals surface area contributed by atoms with Crippen molar-refractivity contribution < 1.29 is 9.90 Å². The molecule has 0 aliphatic rings. The number of aliphatic carboxylic acids is 1. The first-order chi connectivity index (χ1) is 8.66. The number of hydrogen-bond donors (Lipinski definition) is 2. The lowest BCUT2D eigenvalue weighted by molar-refractivity contribution is -0.138. The maximum atomic E-state index is 11.4. The van der Waals surface area contributed by atoms with E-state index in [1.165, 1.54) is 0 Å². The number of anilines is 1. The second kappa shape index (κ2) is 5.36. The van der Waals surface area contributed by atoms with Crippen molar-refractivity contribution in [1.82, 2.24) is 0 Å². The van der Waals surface area contributed by atoms with Gasteiger partial charge in [-0.2, -0.15) is 0 Å². The van der Waals surface area contributed by atoms with Crippen LogP contribution in [0.4, 0.5) is 5.69 Å². The monoisotopic (exact) mass is 241 g/mol. The van der Waals surface area contributed by atoms with Gasteiger partial charge in [-0.15, -0.1) is 0 Å². The van der Waals surface area contributed by atoms with E-state index in [1.54, 1.807) is 0 Å². The summed E-state index contributed by atoms with van der Waals surface area (Å²) < 4.78 is 0. The number of aryl methyl sites for hydroxylation is 1. The summed E-state index contributed by atoms with van der Waals surface area (Å²) in [7, 11) is 0. The molecule has 3 nitrogen and oxygen atoms in total. The molecule has 1 unspecified atom stereocenters. The first-order valence-corrected chi connectivity index (χ1v) is 5.78. The highest BCUT2D eigenvalue weighted by Gasteiger charge is 2.19. The predicted molar refractivity (Wildman–Crippen MR) is 71.6 cm³/mol. The fraction of sp³-hybridized carbons (Fsp3) is 0.133. The van der Waals surface area contributed by atoms with Crippen molar-refractivity contribution in [1.29, 1.82) is 0 Å². The zero-order valence-corrected chi connectivity index (χ0v) is 10.1. The Labute approximate surface area is 106 Å². The number of rotatable bonds is 4. The molecule has 2 aromatic carbocycles. The van der Waals surface area contributed by atoms with Crippen LogP contribution in [-0.4, -0.2) is 11.1 Å². The Morgan fingerprint density at radius 1 is 1.11 bits per heavy atom. The Morgan fingerprint density at radius 3 is 2.44 bits per heavy atom. The average Bonchev–Trinajstić information content (AvgIpc) is 2.37. The molecule has 0 fully saturated rings. The Bertz CT molecular complexity index is 537. The minimum absolute atomic E-state index is 0.729. The van der Waals surface area contributed by atoms with Crippen LogP contribution in [0.2, 0.25) is 0 Å². The molecule has 0 spiro atoms. The summed E-state index contributed by atoms with van der Waals surface area (Å²) in [6.45, 7) is 1.95. The van der Waals surface area contributed by atoms with Gasteiger partial charge < -0.3 is 10.4 Å². The Morgan fingerprint density at radius 2 is 1.83 bits per heavy atom. The van der Waals surface area contributed by atoms with Gasteiger partial charge in [-0.3, -0.25) is 0 Å². The first kappa shape index (κ1) is 12.2. The second-order valence-corrected chi connectivity index (χ2v) is 4.20. The SMILES string of the molecule is Cc1cccc(C(Nc2ccccc2)C(=O)O)c1. The highest BCUT2D eigenvalue weighted by Crippen LogP contribution is 2.20. The van der Waals surface area contributed by atoms with Crippen LogP contribution in [0.5, 0.6) is 0 Å². The van der Waals surface area contributed by atoms with Crippen LogP contribution >= 0.6 is 0 Å². The van der Waals surface area contributed by atoms with Crippen LogP contribution in [0.1, 0.15) is 17.2 Å². The highest BCUT2D eigenvalue weighted by atomic mass is 16.4. The van der Waals surface area contributed by atoms with Crippen molar-refractivity contribution in [2.75, 3.05) is 5.32 Å². The molecule has 2 aromatic rings. The number of carboxylic acids is 1. The molecular formula is C15H15NO2. The number of para-hydroxylation sites is 1. The predicted octanol–water partition coefficient (Wildman–Crippen LogP) is 3.23. The molecule has 3 heteroatoms. The minimum Gasteiger partial charge on any atom is -0.479 e. The molecule has 0 aliphatic heterocycles. The van der Waals surface area contributed by atoms with Gasteiger partial charge >= 0.3 is 5.97 Å². The molecular weight excluding hydrogens is 226 g/mol. The van der Waals surface area contributed by atoms with Crippen LogP contribution in [-0.2, 0) is 4.79 Å². The average molecular weight is 241 g/mol. The fourth-order valence-corrected chi connectivity index (χ4v) is 1.84. The van der Waals surface area contributed by atoms with Crippen LogP contribution in [0.15, 0.2) is 54.6 Å². The zero-order valence-electron chi connectivity index (χ0n) is 10.1. The summed E-state index contributed by atoms with van der Waals surface area (Å²) in [4.78, 5) is 11.4. The molecule has 0 aliphatic carbocycles. The maximum absolute atomic E-state index is 11.4. The number of benzene rings is 2. The molecule has 0 saturated heterocycles. The van der Waals surface area contributed by atoms with Crippen LogP contribution in [0.25, 0.3) is 0 Å². The Hall–Kier alpha value is -2.29. The molecule has 2 N–H and O–H groups in total. The largest absolute Gasteiger partial charge is 0.479 e. The van der Waals surface area contributed by atoms with E-state index in [9.17, 15) is 9.90 Å². The van der Waals surface area contributed by atoms with Crippen molar-refractivity contribution in [2.24, 2.45) is 0 Å². The minimum atomic E-state index is -0.885. The lowest BCUT2D eigenvalue weighted by atomic mass is 10.0. The first-order valence-electron chi connectivity index (χ1n) is 5.78. The van der Waals surface area contributed by atoms with E-state index in [1.807, 2.05) is 61.5 Å². The van der Waals surface area contributed by atoms with E-state index < -0.39 is 12.0 Å². The number of hydrogen-bond acceptors (Lipinski definition) is 2. The molecule has 0 heterocycles. The normalized spacial score (nSPS) is 11.8. The van der Waals surface area contributed by atoms with Gasteiger partial charge in [0.15, 0.2) is 6.04 Å². The standard InChI is InChI=1S/C15H15NO2/c1-11-6-5-7-12(10-11)14(15(17)18)16-13-8-3-2-4-9-13/h2-10,14,16H,1H3,(H,17,18).